The Morgan fingerprint density at radius 2 is 2.13 bits per heavy atom. The summed E-state index contributed by atoms with van der Waals surface area (Å²) in [5, 5.41) is 3.13. The van der Waals surface area contributed by atoms with E-state index in [1.54, 1.807) is 0 Å². The van der Waals surface area contributed by atoms with Crippen molar-refractivity contribution in [2.45, 2.75) is 59.0 Å². The van der Waals surface area contributed by atoms with E-state index < -0.39 is 0 Å². The molecule has 1 saturated heterocycles. The first-order valence-corrected chi connectivity index (χ1v) is 8.79. The van der Waals surface area contributed by atoms with Gasteiger partial charge in [0.25, 0.3) is 0 Å². The van der Waals surface area contributed by atoms with Crippen molar-refractivity contribution in [1.82, 2.24) is 20.2 Å². The predicted molar refractivity (Wildman–Crippen MR) is 89.7 cm³/mol. The fourth-order valence-electron chi connectivity index (χ4n) is 4.30. The number of carbonyl (C=O) groups is 1. The maximum absolute atomic E-state index is 12.6. The summed E-state index contributed by atoms with van der Waals surface area (Å²) < 4.78 is 0. The summed E-state index contributed by atoms with van der Waals surface area (Å²) in [5.41, 5.74) is 1.35. The molecule has 2 atom stereocenters. The van der Waals surface area contributed by atoms with Gasteiger partial charge in [0.1, 0.15) is 5.82 Å². The van der Waals surface area contributed by atoms with Crippen molar-refractivity contribution in [3.8, 4) is 0 Å². The maximum atomic E-state index is 12.6. The van der Waals surface area contributed by atoms with Crippen LogP contribution in [0.5, 0.6) is 0 Å². The minimum absolute atomic E-state index is 0.184. The molecule has 0 aromatic carbocycles. The first-order chi connectivity index (χ1) is 11.0. The molecule has 2 heterocycles. The normalized spacial score (nSPS) is 27.9. The number of aryl methyl sites for hydroxylation is 1. The fourth-order valence-corrected chi connectivity index (χ4v) is 4.30. The number of rotatable bonds is 4. The summed E-state index contributed by atoms with van der Waals surface area (Å²) in [6.45, 7) is 8.97. The van der Waals surface area contributed by atoms with E-state index in [4.69, 9.17) is 0 Å². The summed E-state index contributed by atoms with van der Waals surface area (Å²) in [6.07, 6.45) is 8.38. The molecule has 5 heteroatoms. The molecule has 1 N–H and O–H groups in total. The lowest BCUT2D eigenvalue weighted by atomic mass is 9.76. The molecular formula is C18H28N4O. The molecule has 1 aliphatic carbocycles. The van der Waals surface area contributed by atoms with Gasteiger partial charge in [0.05, 0.1) is 0 Å². The molecule has 3 rings (SSSR count). The van der Waals surface area contributed by atoms with E-state index >= 15 is 0 Å². The van der Waals surface area contributed by atoms with Gasteiger partial charge in [-0.15, -0.1) is 0 Å². The minimum atomic E-state index is 0.184. The van der Waals surface area contributed by atoms with E-state index in [-0.39, 0.29) is 23.3 Å². The lowest BCUT2D eigenvalue weighted by molar-refractivity contribution is -0.128. The average molecular weight is 316 g/mol. The van der Waals surface area contributed by atoms with Crippen LogP contribution in [0.15, 0.2) is 12.4 Å². The zero-order chi connectivity index (χ0) is 16.4. The van der Waals surface area contributed by atoms with Gasteiger partial charge < -0.3 is 5.32 Å². The first-order valence-electron chi connectivity index (χ1n) is 8.79. The van der Waals surface area contributed by atoms with Gasteiger partial charge in [-0.2, -0.15) is 0 Å². The maximum Gasteiger partial charge on any atom is 0.223 e. The highest BCUT2D eigenvalue weighted by Crippen LogP contribution is 2.50. The molecule has 1 aromatic heterocycles. The molecule has 0 radical (unpaired) electrons. The number of aromatic nitrogens is 2. The van der Waals surface area contributed by atoms with E-state index in [1.807, 2.05) is 33.2 Å². The zero-order valence-corrected chi connectivity index (χ0v) is 14.5. The molecule has 2 aliphatic rings. The van der Waals surface area contributed by atoms with Crippen LogP contribution in [-0.4, -0.2) is 39.9 Å². The number of carbonyl (C=O) groups excluding carboxylic acids is 1. The second-order valence-corrected chi connectivity index (χ2v) is 7.57. The molecule has 23 heavy (non-hydrogen) atoms. The van der Waals surface area contributed by atoms with Crippen LogP contribution < -0.4 is 5.32 Å². The summed E-state index contributed by atoms with van der Waals surface area (Å²) in [5.74, 6) is 1.26. The predicted octanol–water partition coefficient (Wildman–Crippen LogP) is 2.30. The van der Waals surface area contributed by atoms with Crippen molar-refractivity contribution in [2.75, 3.05) is 13.1 Å². The quantitative estimate of drug-likeness (QED) is 0.926. The number of nitrogens with one attached hydrogen (secondary N) is 1. The molecule has 5 nitrogen and oxygen atoms in total. The highest BCUT2D eigenvalue weighted by atomic mass is 16.2. The number of nitrogens with zero attached hydrogens (tertiary/aromatic N) is 3. The first kappa shape index (κ1) is 16.4. The third kappa shape index (κ3) is 3.55. The second-order valence-electron chi connectivity index (χ2n) is 7.57. The fraction of sp³-hybridized carbons (Fsp3) is 0.722. The molecule has 1 amide bonds. The highest BCUT2D eigenvalue weighted by Gasteiger charge is 2.50. The van der Waals surface area contributed by atoms with Crippen molar-refractivity contribution in [3.05, 3.63) is 23.8 Å². The minimum Gasteiger partial charge on any atom is -0.354 e. The van der Waals surface area contributed by atoms with Gasteiger partial charge in [0.2, 0.25) is 5.91 Å². The van der Waals surface area contributed by atoms with Crippen LogP contribution in [0.3, 0.4) is 0 Å². The Morgan fingerprint density at radius 1 is 1.39 bits per heavy atom. The topological polar surface area (TPSA) is 58.1 Å². The second kappa shape index (κ2) is 6.56. The van der Waals surface area contributed by atoms with Crippen molar-refractivity contribution >= 4 is 5.91 Å². The van der Waals surface area contributed by atoms with Crippen LogP contribution in [0.4, 0.5) is 0 Å². The summed E-state index contributed by atoms with van der Waals surface area (Å²) in [7, 11) is 0. The number of likely N-dealkylation sites (tertiary alicyclic amines) is 1. The number of amides is 1. The monoisotopic (exact) mass is 316 g/mol. The van der Waals surface area contributed by atoms with Gasteiger partial charge in [0, 0.05) is 43.0 Å². The van der Waals surface area contributed by atoms with Crippen LogP contribution in [-0.2, 0) is 11.3 Å². The lowest BCUT2D eigenvalue weighted by Gasteiger charge is -2.31. The number of hydrogen-bond acceptors (Lipinski definition) is 4. The van der Waals surface area contributed by atoms with E-state index in [1.165, 1.54) is 12.8 Å². The molecule has 0 unspecified atom stereocenters. The Balaban J connectivity index is 1.65. The summed E-state index contributed by atoms with van der Waals surface area (Å²) >= 11 is 0. The molecule has 1 saturated carbocycles. The van der Waals surface area contributed by atoms with Crippen LogP contribution in [0.25, 0.3) is 0 Å². The molecule has 126 valence electrons. The lowest BCUT2D eigenvalue weighted by Crippen LogP contribution is -2.42. The molecule has 1 spiro atoms. The van der Waals surface area contributed by atoms with Crippen molar-refractivity contribution in [1.29, 1.82) is 0 Å². The van der Waals surface area contributed by atoms with Crippen molar-refractivity contribution in [3.63, 3.8) is 0 Å². The molecule has 1 aliphatic heterocycles. The van der Waals surface area contributed by atoms with Crippen LogP contribution in [0.2, 0.25) is 0 Å². The van der Waals surface area contributed by atoms with Crippen LogP contribution >= 0.6 is 0 Å². The third-order valence-corrected chi connectivity index (χ3v) is 5.36. The smallest absolute Gasteiger partial charge is 0.223 e. The van der Waals surface area contributed by atoms with Gasteiger partial charge in [0.15, 0.2) is 0 Å². The Morgan fingerprint density at radius 3 is 2.83 bits per heavy atom. The van der Waals surface area contributed by atoms with E-state index in [0.717, 1.165) is 43.9 Å². The van der Waals surface area contributed by atoms with E-state index in [2.05, 4.69) is 20.2 Å². The Labute approximate surface area is 138 Å². The van der Waals surface area contributed by atoms with Gasteiger partial charge in [-0.25, -0.2) is 9.97 Å². The summed E-state index contributed by atoms with van der Waals surface area (Å²) in [6, 6.07) is 0.224. The highest BCUT2D eigenvalue weighted by molar-refractivity contribution is 5.80. The van der Waals surface area contributed by atoms with Crippen LogP contribution in [0, 0.1) is 18.3 Å². The Kier molecular flexibility index (Phi) is 4.67. The third-order valence-electron chi connectivity index (χ3n) is 5.36. The summed E-state index contributed by atoms with van der Waals surface area (Å²) in [4.78, 5) is 23.6. The molecule has 0 bridgehead atoms. The average Bonchev–Trinajstić information content (AvgIpc) is 3.08. The molecule has 1 aromatic rings. The SMILES string of the molecule is Cc1ncc(CN2CC[C@]3(CCC[C@@H]3C(=O)NC(C)C)C2)cn1. The zero-order valence-electron chi connectivity index (χ0n) is 14.5. The van der Waals surface area contributed by atoms with Gasteiger partial charge in [-0.05, 0) is 52.0 Å². The number of hydrogen-bond donors (Lipinski definition) is 1. The Bertz CT molecular complexity index is 557. The van der Waals surface area contributed by atoms with Crippen LogP contribution in [0.1, 0.15) is 50.9 Å². The molecular weight excluding hydrogens is 288 g/mol. The Hall–Kier alpha value is -1.49. The van der Waals surface area contributed by atoms with E-state index in [0.29, 0.717) is 0 Å². The molecule has 2 fully saturated rings. The van der Waals surface area contributed by atoms with Crippen molar-refractivity contribution in [2.24, 2.45) is 11.3 Å². The largest absolute Gasteiger partial charge is 0.354 e. The van der Waals surface area contributed by atoms with Crippen molar-refractivity contribution < 1.29 is 4.79 Å². The van der Waals surface area contributed by atoms with Gasteiger partial charge >= 0.3 is 0 Å². The van der Waals surface area contributed by atoms with Gasteiger partial charge in [-0.3, -0.25) is 9.69 Å². The standard InChI is InChI=1S/C18H28N4O/c1-13(2)21-17(23)16-5-4-6-18(16)7-8-22(12-18)11-15-9-19-14(3)20-10-15/h9-10,13,16H,4-8,11-12H2,1-3H3,(H,21,23)/t16-,18-/m1/s1. The van der Waals surface area contributed by atoms with Gasteiger partial charge in [-0.1, -0.05) is 6.42 Å². The van der Waals surface area contributed by atoms with E-state index in [9.17, 15) is 4.79 Å².